The standard InChI is InChI=1S/C34H26O21/c35-13-1-9(2-14(36)23(13)41)31(47)53-20-8-51-19-7-52-33(49)11-5-17(39)25(43)27(45)21(11)22-12(6-18(40)26(44)28(22)46)34(50)55-29(19)30(20)54-32(48)10-3-15(37)24(42)16(38)4-10/h1-6,19-20,29-30,35-46H,7-8H2/t19-,20+,29-,30-/m1/s1. The van der Waals surface area contributed by atoms with Gasteiger partial charge < -0.3 is 85.0 Å². The maximum absolute atomic E-state index is 14.0. The summed E-state index contributed by atoms with van der Waals surface area (Å²) >= 11 is 0. The molecule has 288 valence electrons. The molecule has 0 amide bonds. The lowest BCUT2D eigenvalue weighted by Gasteiger charge is -2.40. The number of carbonyl (C=O) groups is 4. The molecule has 4 aromatic rings. The normalized spacial score (nSPS) is 19.3. The first-order valence-corrected chi connectivity index (χ1v) is 15.4. The summed E-state index contributed by atoms with van der Waals surface area (Å²) in [5, 5.41) is 122. The molecule has 0 aliphatic carbocycles. The lowest BCUT2D eigenvalue weighted by atomic mass is 9.92. The van der Waals surface area contributed by atoms with E-state index in [0.29, 0.717) is 36.4 Å². The molecule has 12 N–H and O–H groups in total. The highest BCUT2D eigenvalue weighted by atomic mass is 16.7. The molecule has 2 heterocycles. The number of rotatable bonds is 4. The average Bonchev–Trinajstić information content (AvgIpc) is 3.15. The van der Waals surface area contributed by atoms with Crippen molar-refractivity contribution in [1.29, 1.82) is 0 Å². The number of hydrogen-bond donors (Lipinski definition) is 12. The predicted octanol–water partition coefficient (Wildman–Crippen LogP) is 1.37. The summed E-state index contributed by atoms with van der Waals surface area (Å²) in [6, 6.07) is 3.77. The number of benzene rings is 4. The van der Waals surface area contributed by atoms with Crippen LogP contribution in [0.4, 0.5) is 0 Å². The Labute approximate surface area is 304 Å². The maximum Gasteiger partial charge on any atom is 0.339 e. The van der Waals surface area contributed by atoms with Crippen LogP contribution in [0.15, 0.2) is 36.4 Å². The van der Waals surface area contributed by atoms with Crippen LogP contribution in [-0.4, -0.2) is 123 Å². The monoisotopic (exact) mass is 770 g/mol. The van der Waals surface area contributed by atoms with Gasteiger partial charge in [0.1, 0.15) is 12.7 Å². The average molecular weight is 771 g/mol. The molecular formula is C34H26O21. The summed E-state index contributed by atoms with van der Waals surface area (Å²) in [7, 11) is 0. The molecule has 1 saturated heterocycles. The number of phenols is 12. The van der Waals surface area contributed by atoms with E-state index < -0.39 is 164 Å². The molecule has 1 fully saturated rings. The molecule has 0 aromatic heterocycles. The van der Waals surface area contributed by atoms with E-state index in [0.717, 1.165) is 0 Å². The fourth-order valence-electron chi connectivity index (χ4n) is 5.74. The van der Waals surface area contributed by atoms with Crippen molar-refractivity contribution in [2.24, 2.45) is 0 Å². The second-order valence-corrected chi connectivity index (χ2v) is 11.9. The largest absolute Gasteiger partial charge is 0.504 e. The van der Waals surface area contributed by atoms with Gasteiger partial charge >= 0.3 is 23.9 Å². The van der Waals surface area contributed by atoms with E-state index in [-0.39, 0.29) is 0 Å². The first kappa shape index (κ1) is 37.1. The van der Waals surface area contributed by atoms with Crippen LogP contribution >= 0.6 is 0 Å². The second kappa shape index (κ2) is 13.7. The van der Waals surface area contributed by atoms with Crippen molar-refractivity contribution in [3.05, 3.63) is 58.7 Å². The molecule has 0 radical (unpaired) electrons. The van der Waals surface area contributed by atoms with Crippen LogP contribution in [0.5, 0.6) is 69.0 Å². The minimum atomic E-state index is -2.04. The summed E-state index contributed by atoms with van der Waals surface area (Å²) in [5.41, 5.74) is -4.86. The third-order valence-corrected chi connectivity index (χ3v) is 8.46. The lowest BCUT2D eigenvalue weighted by molar-refractivity contribution is -0.197. The van der Waals surface area contributed by atoms with E-state index in [2.05, 4.69) is 0 Å². The SMILES string of the molecule is O=C(O[C@H]1[C@@H]2OC(=O)c3cc(O)c(O)c(O)c3-c3c(cc(O)c(O)c3O)C(=O)OC[C@H]2OC[C@@H]1OC(=O)c1cc(O)c(O)c(O)c1)c1cc(O)c(O)c(O)c1. The van der Waals surface area contributed by atoms with Crippen LogP contribution < -0.4 is 0 Å². The van der Waals surface area contributed by atoms with Crippen molar-refractivity contribution >= 4 is 23.9 Å². The number of ether oxygens (including phenoxy) is 5. The Hall–Kier alpha value is -7.68. The zero-order chi connectivity index (χ0) is 40.2. The third-order valence-electron chi connectivity index (χ3n) is 8.46. The van der Waals surface area contributed by atoms with Gasteiger partial charge in [-0.2, -0.15) is 0 Å². The van der Waals surface area contributed by atoms with Crippen molar-refractivity contribution in [2.45, 2.75) is 24.4 Å². The first-order chi connectivity index (χ1) is 25.9. The number of fused-ring (bicyclic) bond motifs is 4. The molecule has 6 rings (SSSR count). The van der Waals surface area contributed by atoms with Gasteiger partial charge in [-0.3, -0.25) is 0 Å². The van der Waals surface area contributed by atoms with Crippen LogP contribution in [-0.2, 0) is 23.7 Å². The number of cyclic esters (lactones) is 1. The van der Waals surface area contributed by atoms with Crippen molar-refractivity contribution in [1.82, 2.24) is 0 Å². The van der Waals surface area contributed by atoms with Gasteiger partial charge in [-0.05, 0) is 36.4 Å². The number of phenolic OH excluding ortho intramolecular Hbond substituents is 12. The molecule has 0 unspecified atom stereocenters. The van der Waals surface area contributed by atoms with Gasteiger partial charge in [0.15, 0.2) is 75.8 Å². The summed E-state index contributed by atoms with van der Waals surface area (Å²) in [5.74, 6) is -19.2. The Kier molecular flexibility index (Phi) is 9.24. The molecular weight excluding hydrogens is 744 g/mol. The van der Waals surface area contributed by atoms with Crippen LogP contribution in [0.1, 0.15) is 41.4 Å². The van der Waals surface area contributed by atoms with E-state index in [9.17, 15) is 80.5 Å². The fraction of sp³-hybridized carbons (Fsp3) is 0.176. The van der Waals surface area contributed by atoms with Gasteiger partial charge in [0.05, 0.1) is 28.9 Å². The van der Waals surface area contributed by atoms with Crippen molar-refractivity contribution in [3.8, 4) is 80.1 Å². The Morgan fingerprint density at radius 1 is 0.527 bits per heavy atom. The van der Waals surface area contributed by atoms with Gasteiger partial charge in [0.25, 0.3) is 0 Å². The van der Waals surface area contributed by atoms with Crippen LogP contribution in [0, 0.1) is 0 Å². The summed E-state index contributed by atoms with van der Waals surface area (Å²) < 4.78 is 27.6. The van der Waals surface area contributed by atoms with Crippen molar-refractivity contribution in [3.63, 3.8) is 0 Å². The van der Waals surface area contributed by atoms with Crippen LogP contribution in [0.3, 0.4) is 0 Å². The molecule has 0 bridgehead atoms. The van der Waals surface area contributed by atoms with Gasteiger partial charge in [0.2, 0.25) is 11.5 Å². The number of esters is 4. The first-order valence-electron chi connectivity index (χ1n) is 15.4. The molecule has 2 aliphatic rings. The molecule has 2 aliphatic heterocycles. The second-order valence-electron chi connectivity index (χ2n) is 11.9. The summed E-state index contributed by atoms with van der Waals surface area (Å²) in [6.07, 6.45) is -7.59. The van der Waals surface area contributed by atoms with E-state index in [1.807, 2.05) is 0 Å². The van der Waals surface area contributed by atoms with E-state index in [4.69, 9.17) is 23.7 Å². The Balaban J connectivity index is 1.49. The topological polar surface area (TPSA) is 357 Å². The quantitative estimate of drug-likeness (QED) is 0.0791. The van der Waals surface area contributed by atoms with E-state index in [1.165, 1.54) is 0 Å². The molecule has 21 nitrogen and oxygen atoms in total. The molecule has 55 heavy (non-hydrogen) atoms. The van der Waals surface area contributed by atoms with Crippen molar-refractivity contribution in [2.75, 3.05) is 13.2 Å². The highest BCUT2D eigenvalue weighted by molar-refractivity contribution is 6.08. The molecule has 21 heteroatoms. The van der Waals surface area contributed by atoms with E-state index >= 15 is 0 Å². The molecule has 4 aromatic carbocycles. The Morgan fingerprint density at radius 3 is 1.42 bits per heavy atom. The predicted molar refractivity (Wildman–Crippen MR) is 172 cm³/mol. The zero-order valence-corrected chi connectivity index (χ0v) is 27.2. The minimum absolute atomic E-state index is 0.506. The molecule has 4 atom stereocenters. The Bertz CT molecular complexity index is 2250. The molecule has 0 saturated carbocycles. The van der Waals surface area contributed by atoms with Crippen LogP contribution in [0.2, 0.25) is 0 Å². The fourth-order valence-corrected chi connectivity index (χ4v) is 5.74. The molecule has 0 spiro atoms. The lowest BCUT2D eigenvalue weighted by Crippen LogP contribution is -2.59. The van der Waals surface area contributed by atoms with Gasteiger partial charge in [0, 0.05) is 11.1 Å². The minimum Gasteiger partial charge on any atom is -0.504 e. The van der Waals surface area contributed by atoms with E-state index in [1.54, 1.807) is 0 Å². The summed E-state index contributed by atoms with van der Waals surface area (Å²) in [4.78, 5) is 54.2. The van der Waals surface area contributed by atoms with Gasteiger partial charge in [-0.15, -0.1) is 0 Å². The van der Waals surface area contributed by atoms with Crippen molar-refractivity contribution < 1.29 is 104 Å². The third kappa shape index (κ3) is 6.50. The van der Waals surface area contributed by atoms with Gasteiger partial charge in [-0.25, -0.2) is 19.2 Å². The smallest absolute Gasteiger partial charge is 0.339 e. The van der Waals surface area contributed by atoms with Crippen LogP contribution in [0.25, 0.3) is 11.1 Å². The number of carbonyl (C=O) groups excluding carboxylic acids is 4. The number of hydrogen-bond acceptors (Lipinski definition) is 21. The highest BCUT2D eigenvalue weighted by Gasteiger charge is 2.49. The zero-order valence-electron chi connectivity index (χ0n) is 27.2. The summed E-state index contributed by atoms with van der Waals surface area (Å²) in [6.45, 7) is -1.69. The number of aromatic hydroxyl groups is 12. The maximum atomic E-state index is 14.0. The highest BCUT2D eigenvalue weighted by Crippen LogP contribution is 2.53. The van der Waals surface area contributed by atoms with Gasteiger partial charge in [-0.1, -0.05) is 0 Å². The Morgan fingerprint density at radius 2 is 0.945 bits per heavy atom.